The Morgan fingerprint density at radius 2 is 2.00 bits per heavy atom. The van der Waals surface area contributed by atoms with Gasteiger partial charge in [-0.3, -0.25) is 14.4 Å². The molecule has 2 unspecified atom stereocenters. The van der Waals surface area contributed by atoms with Gasteiger partial charge in [-0.1, -0.05) is 44.2 Å². The first-order valence-corrected chi connectivity index (χ1v) is 10.7. The van der Waals surface area contributed by atoms with Crippen molar-refractivity contribution in [3.05, 3.63) is 52.0 Å². The molecule has 3 rings (SSSR count). The number of benzene rings is 1. The molecule has 0 saturated heterocycles. The van der Waals surface area contributed by atoms with Gasteiger partial charge in [0.25, 0.3) is 5.91 Å². The van der Waals surface area contributed by atoms with Crippen LogP contribution in [0.15, 0.2) is 36.5 Å². The molecule has 10 heteroatoms. The molecule has 31 heavy (non-hydrogen) atoms. The van der Waals surface area contributed by atoms with E-state index in [-0.39, 0.29) is 25.5 Å². The molecule has 3 N–H and O–H groups in total. The van der Waals surface area contributed by atoms with Crippen molar-refractivity contribution in [1.29, 1.82) is 0 Å². The highest BCUT2D eigenvalue weighted by Crippen LogP contribution is 2.17. The summed E-state index contributed by atoms with van der Waals surface area (Å²) in [5.41, 5.74) is 0.813. The first kappa shape index (κ1) is 22.4. The number of thiazole rings is 1. The zero-order chi connectivity index (χ0) is 22.4. The van der Waals surface area contributed by atoms with Crippen molar-refractivity contribution >= 4 is 35.0 Å². The number of hydrogen-bond donors (Lipinski definition) is 3. The minimum atomic E-state index is -1.08. The van der Waals surface area contributed by atoms with E-state index in [0.29, 0.717) is 5.01 Å². The van der Waals surface area contributed by atoms with E-state index in [1.165, 1.54) is 11.3 Å². The molecule has 2 atom stereocenters. The van der Waals surface area contributed by atoms with Gasteiger partial charge in [0.2, 0.25) is 11.7 Å². The van der Waals surface area contributed by atoms with Gasteiger partial charge in [0, 0.05) is 17.5 Å². The van der Waals surface area contributed by atoms with Crippen molar-refractivity contribution in [3.8, 4) is 0 Å². The molecule has 1 aromatic carbocycles. The van der Waals surface area contributed by atoms with Gasteiger partial charge in [-0.2, -0.15) is 0 Å². The maximum Gasteiger partial charge on any atom is 0.408 e. The summed E-state index contributed by atoms with van der Waals surface area (Å²) in [5.74, 6) is -2.37. The molecular weight excluding hydrogens is 420 g/mol. The average Bonchev–Trinajstić information content (AvgIpc) is 3.21. The normalized spacial score (nSPS) is 17.1. The lowest BCUT2D eigenvalue weighted by Gasteiger charge is -2.24. The van der Waals surface area contributed by atoms with E-state index in [0.717, 1.165) is 10.4 Å². The van der Waals surface area contributed by atoms with Crippen molar-refractivity contribution in [2.75, 3.05) is 0 Å². The summed E-state index contributed by atoms with van der Waals surface area (Å²) in [6.45, 7) is 3.79. The van der Waals surface area contributed by atoms with Crippen LogP contribution in [0.1, 0.15) is 29.3 Å². The Bertz CT molecular complexity index is 960. The second-order valence-corrected chi connectivity index (χ2v) is 8.66. The average molecular weight is 445 g/mol. The van der Waals surface area contributed by atoms with Gasteiger partial charge < -0.3 is 20.7 Å². The number of nitrogens with zero attached hydrogens (tertiary/aromatic N) is 1. The van der Waals surface area contributed by atoms with Crippen LogP contribution in [0.25, 0.3) is 0 Å². The molecule has 2 aromatic rings. The molecule has 164 valence electrons. The summed E-state index contributed by atoms with van der Waals surface area (Å²) in [7, 11) is 0. The molecule has 2 bridgehead atoms. The van der Waals surface area contributed by atoms with Gasteiger partial charge in [0.15, 0.2) is 0 Å². The van der Waals surface area contributed by atoms with Crippen LogP contribution in [-0.4, -0.2) is 40.8 Å². The second kappa shape index (κ2) is 10.2. The summed E-state index contributed by atoms with van der Waals surface area (Å²) in [6.07, 6.45) is 0.989. The molecule has 0 radical (unpaired) electrons. The van der Waals surface area contributed by atoms with Crippen LogP contribution >= 0.6 is 11.3 Å². The zero-order valence-electron chi connectivity index (χ0n) is 17.2. The number of fused-ring (bicyclic) bond motifs is 2. The van der Waals surface area contributed by atoms with Crippen molar-refractivity contribution in [3.63, 3.8) is 0 Å². The van der Waals surface area contributed by atoms with Gasteiger partial charge in [-0.15, -0.1) is 11.3 Å². The number of Topliss-reactive ketones (excluding diaryl/α,β-unsaturated/α-hetero) is 1. The first-order valence-electron chi connectivity index (χ1n) is 9.86. The molecule has 0 aliphatic carbocycles. The maximum atomic E-state index is 12.9. The number of nitrogens with one attached hydrogen (secondary N) is 3. The van der Waals surface area contributed by atoms with E-state index in [2.05, 4.69) is 20.9 Å². The molecule has 1 aromatic heterocycles. The standard InChI is InChI=1S/C21H24N4O5S/c1-12(2)17(25-21(29)30-11-13-6-4-3-5-7-13)19(27)24-15-8-16-22-9-14(31-16)10-23-20(28)18(15)26/h3-7,9,12,15,17H,8,10-11H2,1-2H3,(H,23,28)(H,24,27)(H,25,29). The van der Waals surface area contributed by atoms with Crippen LogP contribution < -0.4 is 16.0 Å². The minimum absolute atomic E-state index is 0.0623. The first-order chi connectivity index (χ1) is 14.8. The highest BCUT2D eigenvalue weighted by atomic mass is 32.1. The number of carbonyl (C=O) groups is 4. The lowest BCUT2D eigenvalue weighted by molar-refractivity contribution is -0.140. The number of rotatable bonds is 6. The summed E-state index contributed by atoms with van der Waals surface area (Å²) in [5, 5.41) is 8.32. The third-order valence-electron chi connectivity index (χ3n) is 4.70. The monoisotopic (exact) mass is 444 g/mol. The van der Waals surface area contributed by atoms with E-state index in [1.807, 2.05) is 30.3 Å². The van der Waals surface area contributed by atoms with Gasteiger partial charge in [0.1, 0.15) is 18.7 Å². The highest BCUT2D eigenvalue weighted by molar-refractivity contribution is 7.11. The lowest BCUT2D eigenvalue weighted by Crippen LogP contribution is -2.56. The third-order valence-corrected chi connectivity index (χ3v) is 5.72. The number of alkyl carbamates (subject to hydrolysis) is 1. The van der Waals surface area contributed by atoms with Gasteiger partial charge in [-0.25, -0.2) is 9.78 Å². The summed E-state index contributed by atoms with van der Waals surface area (Å²) < 4.78 is 5.19. The summed E-state index contributed by atoms with van der Waals surface area (Å²) in [6, 6.07) is 7.13. The lowest BCUT2D eigenvalue weighted by atomic mass is 10.0. The van der Waals surface area contributed by atoms with Crippen LogP contribution in [0.4, 0.5) is 4.79 Å². The van der Waals surface area contributed by atoms with E-state index >= 15 is 0 Å². The fourth-order valence-corrected chi connectivity index (χ4v) is 3.92. The van der Waals surface area contributed by atoms with Crippen LogP contribution in [0.2, 0.25) is 0 Å². The molecule has 0 fully saturated rings. The minimum Gasteiger partial charge on any atom is -0.445 e. The van der Waals surface area contributed by atoms with E-state index in [1.54, 1.807) is 20.0 Å². The van der Waals surface area contributed by atoms with E-state index in [4.69, 9.17) is 4.74 Å². The Hall–Kier alpha value is -3.27. The number of aromatic nitrogens is 1. The Labute approximate surface area is 183 Å². The molecule has 3 amide bonds. The number of hydrogen-bond acceptors (Lipinski definition) is 7. The Kier molecular flexibility index (Phi) is 7.35. The van der Waals surface area contributed by atoms with Gasteiger partial charge in [-0.05, 0) is 11.5 Å². The van der Waals surface area contributed by atoms with Crippen LogP contribution in [0.3, 0.4) is 0 Å². The molecular formula is C21H24N4O5S. The summed E-state index contributed by atoms with van der Waals surface area (Å²) >= 11 is 1.37. The fraction of sp³-hybridized carbons (Fsp3) is 0.381. The molecule has 1 aliphatic heterocycles. The molecule has 2 heterocycles. The largest absolute Gasteiger partial charge is 0.445 e. The highest BCUT2D eigenvalue weighted by Gasteiger charge is 2.33. The van der Waals surface area contributed by atoms with E-state index < -0.39 is 35.8 Å². The maximum absolute atomic E-state index is 12.9. The zero-order valence-corrected chi connectivity index (χ0v) is 18.0. The smallest absolute Gasteiger partial charge is 0.408 e. The van der Waals surface area contributed by atoms with E-state index in [9.17, 15) is 19.2 Å². The molecule has 9 nitrogen and oxygen atoms in total. The SMILES string of the molecule is CC(C)C(NC(=O)OCc1ccccc1)C(=O)NC1Cc2ncc(s2)CNC(=O)C1=O. The topological polar surface area (TPSA) is 126 Å². The number of carbonyl (C=O) groups excluding carboxylic acids is 4. The number of ketones is 1. The van der Waals surface area contributed by atoms with Crippen molar-refractivity contribution in [2.24, 2.45) is 5.92 Å². The predicted molar refractivity (Wildman–Crippen MR) is 113 cm³/mol. The van der Waals surface area contributed by atoms with Crippen molar-refractivity contribution in [2.45, 2.75) is 45.5 Å². The van der Waals surface area contributed by atoms with Gasteiger partial charge in [0.05, 0.1) is 11.6 Å². The summed E-state index contributed by atoms with van der Waals surface area (Å²) in [4.78, 5) is 54.8. The van der Waals surface area contributed by atoms with Crippen molar-refractivity contribution < 1.29 is 23.9 Å². The third kappa shape index (κ3) is 6.11. The number of ether oxygens (including phenoxy) is 1. The Morgan fingerprint density at radius 3 is 2.71 bits per heavy atom. The van der Waals surface area contributed by atoms with Crippen LogP contribution in [-0.2, 0) is 38.7 Å². The van der Waals surface area contributed by atoms with Crippen molar-refractivity contribution in [1.82, 2.24) is 20.9 Å². The Morgan fingerprint density at radius 1 is 1.26 bits per heavy atom. The quantitative estimate of drug-likeness (QED) is 0.577. The molecule has 1 aliphatic rings. The molecule has 0 saturated carbocycles. The molecule has 0 spiro atoms. The fourth-order valence-electron chi connectivity index (χ4n) is 3.01. The van der Waals surface area contributed by atoms with Crippen LogP contribution in [0, 0.1) is 5.92 Å². The van der Waals surface area contributed by atoms with Crippen LogP contribution in [0.5, 0.6) is 0 Å². The predicted octanol–water partition coefficient (Wildman–Crippen LogP) is 1.32. The Balaban J connectivity index is 1.64. The number of amides is 3. The van der Waals surface area contributed by atoms with Gasteiger partial charge >= 0.3 is 6.09 Å². The second-order valence-electron chi connectivity index (χ2n) is 7.46.